The Bertz CT molecular complexity index is 1200. The Kier molecular flexibility index (Phi) is 9.09. The van der Waals surface area contributed by atoms with E-state index < -0.39 is 16.3 Å². The van der Waals surface area contributed by atoms with Gasteiger partial charge in [0.1, 0.15) is 5.75 Å². The molecule has 0 aromatic heterocycles. The van der Waals surface area contributed by atoms with E-state index in [-0.39, 0.29) is 54.8 Å². The highest BCUT2D eigenvalue weighted by Gasteiger charge is 2.32. The largest absolute Gasteiger partial charge is 0.497 e. The van der Waals surface area contributed by atoms with E-state index >= 15 is 0 Å². The maximum Gasteiger partial charge on any atom is 0.286 e. The summed E-state index contributed by atoms with van der Waals surface area (Å²) in [6.07, 6.45) is 3.36. The summed E-state index contributed by atoms with van der Waals surface area (Å²) in [4.78, 5) is 12.8. The number of hydrogen-bond donors (Lipinski definition) is 2. The lowest BCUT2D eigenvalue weighted by Crippen LogP contribution is -2.38. The lowest BCUT2D eigenvalue weighted by molar-refractivity contribution is -0.146. The number of halogens is 1. The fourth-order valence-electron chi connectivity index (χ4n) is 3.99. The number of carbonyl (C=O) groups excluding carboxylic acids is 1. The normalized spacial score (nSPS) is 19.7. The van der Waals surface area contributed by atoms with Crippen LogP contribution in [0.2, 0.25) is 5.02 Å². The molecule has 1 amide bonds. The molecular formula is C26H31ClN2O7S. The summed E-state index contributed by atoms with van der Waals surface area (Å²) in [5.41, 5.74) is 0.960. The van der Waals surface area contributed by atoms with Crippen molar-refractivity contribution in [1.29, 1.82) is 0 Å². The first-order valence-electron chi connectivity index (χ1n) is 12.1. The molecule has 1 saturated carbocycles. The molecule has 2 atom stereocenters. The Morgan fingerprint density at radius 2 is 1.84 bits per heavy atom. The molecule has 0 spiro atoms. The quantitative estimate of drug-likeness (QED) is 0.417. The van der Waals surface area contributed by atoms with Crippen LogP contribution in [0.25, 0.3) is 0 Å². The van der Waals surface area contributed by atoms with Crippen molar-refractivity contribution in [2.75, 3.05) is 33.4 Å². The molecule has 1 fully saturated rings. The summed E-state index contributed by atoms with van der Waals surface area (Å²) in [5, 5.41) is 13.0. The Hall–Kier alpha value is -2.63. The average molecular weight is 551 g/mol. The number of rotatable bonds is 12. The zero-order valence-electron chi connectivity index (χ0n) is 20.5. The first kappa shape index (κ1) is 27.4. The average Bonchev–Trinajstić information content (AvgIpc) is 3.72. The Morgan fingerprint density at radius 3 is 2.46 bits per heavy atom. The number of benzene rings is 2. The molecule has 2 aromatic carbocycles. The molecule has 0 bridgehead atoms. The highest BCUT2D eigenvalue weighted by atomic mass is 35.5. The van der Waals surface area contributed by atoms with Gasteiger partial charge < -0.3 is 24.6 Å². The molecule has 0 saturated heterocycles. The van der Waals surface area contributed by atoms with Crippen LogP contribution < -0.4 is 10.1 Å². The zero-order valence-corrected chi connectivity index (χ0v) is 22.1. The van der Waals surface area contributed by atoms with Crippen molar-refractivity contribution >= 4 is 27.5 Å². The first-order valence-corrected chi connectivity index (χ1v) is 13.9. The van der Waals surface area contributed by atoms with Gasteiger partial charge in [-0.15, -0.1) is 0 Å². The predicted octanol–water partition coefficient (Wildman–Crippen LogP) is 3.04. The standard InChI is InChI=1S/C26H31ClN2O7S/c1-34-22-8-10-23(11-9-22)37(32,33)29(12-14-30)13-15-35-25-17-19(18-2-4-20(27)5-3-18)16-24(36-25)26(31)28-21-6-7-21/h2-5,8-11,16,19,21,25,30H,6-7,12-15,17H2,1H3,(H,28,31)/t19-,25+/m1/s1. The van der Waals surface area contributed by atoms with Gasteiger partial charge in [-0.1, -0.05) is 23.7 Å². The number of sulfonamides is 1. The number of aliphatic hydroxyl groups excluding tert-OH is 1. The SMILES string of the molecule is COc1ccc(S(=O)(=O)N(CCO)CCO[C@@H]2C[C@H](c3ccc(Cl)cc3)C=C(C(=O)NC3CC3)O2)cc1. The van der Waals surface area contributed by atoms with E-state index in [2.05, 4.69) is 5.32 Å². The lowest BCUT2D eigenvalue weighted by Gasteiger charge is -2.30. The van der Waals surface area contributed by atoms with Gasteiger partial charge in [-0.2, -0.15) is 4.31 Å². The van der Waals surface area contributed by atoms with Gasteiger partial charge in [0.05, 0.1) is 25.2 Å². The van der Waals surface area contributed by atoms with Crippen LogP contribution in [0, 0.1) is 0 Å². The number of nitrogens with one attached hydrogen (secondary N) is 1. The van der Waals surface area contributed by atoms with Crippen molar-refractivity contribution < 1.29 is 32.5 Å². The number of allylic oxidation sites excluding steroid dienone is 1. The summed E-state index contributed by atoms with van der Waals surface area (Å²) >= 11 is 6.04. The second-order valence-corrected chi connectivity index (χ2v) is 11.3. The third-order valence-corrected chi connectivity index (χ3v) is 8.35. The van der Waals surface area contributed by atoms with E-state index in [9.17, 15) is 18.3 Å². The van der Waals surface area contributed by atoms with Crippen molar-refractivity contribution in [2.24, 2.45) is 0 Å². The molecule has 11 heteroatoms. The molecule has 1 aliphatic heterocycles. The fraction of sp³-hybridized carbons (Fsp3) is 0.423. The lowest BCUT2D eigenvalue weighted by atomic mass is 9.93. The zero-order chi connectivity index (χ0) is 26.4. The van der Waals surface area contributed by atoms with E-state index in [0.29, 0.717) is 17.2 Å². The van der Waals surface area contributed by atoms with Crippen molar-refractivity contribution in [3.63, 3.8) is 0 Å². The molecule has 2 aromatic rings. The van der Waals surface area contributed by atoms with E-state index in [4.69, 9.17) is 25.8 Å². The fourth-order valence-corrected chi connectivity index (χ4v) is 5.53. The van der Waals surface area contributed by atoms with Gasteiger partial charge >= 0.3 is 0 Å². The second kappa shape index (κ2) is 12.3. The van der Waals surface area contributed by atoms with Crippen molar-refractivity contribution in [3.8, 4) is 5.75 Å². The molecule has 9 nitrogen and oxygen atoms in total. The molecule has 2 N–H and O–H groups in total. The molecule has 2 aliphatic rings. The number of aliphatic hydroxyl groups is 1. The van der Waals surface area contributed by atoms with Crippen LogP contribution in [0.4, 0.5) is 0 Å². The van der Waals surface area contributed by atoms with Crippen LogP contribution in [-0.4, -0.2) is 69.5 Å². The van der Waals surface area contributed by atoms with Gasteiger partial charge in [-0.3, -0.25) is 4.79 Å². The third-order valence-electron chi connectivity index (χ3n) is 6.18. The van der Waals surface area contributed by atoms with Gasteiger partial charge in [-0.05, 0) is 60.9 Å². The number of hydrogen-bond acceptors (Lipinski definition) is 7. The Morgan fingerprint density at radius 1 is 1.14 bits per heavy atom. The van der Waals surface area contributed by atoms with Gasteiger partial charge in [0.2, 0.25) is 16.3 Å². The minimum Gasteiger partial charge on any atom is -0.497 e. The summed E-state index contributed by atoms with van der Waals surface area (Å²) in [7, 11) is -2.37. The van der Waals surface area contributed by atoms with Gasteiger partial charge in [0, 0.05) is 36.5 Å². The minimum absolute atomic E-state index is 0.00487. The number of nitrogens with zero attached hydrogens (tertiary/aromatic N) is 1. The minimum atomic E-state index is -3.87. The second-order valence-electron chi connectivity index (χ2n) is 8.89. The van der Waals surface area contributed by atoms with Crippen molar-refractivity contribution in [3.05, 3.63) is 71.0 Å². The highest BCUT2D eigenvalue weighted by molar-refractivity contribution is 7.89. The molecule has 0 unspecified atom stereocenters. The van der Waals surface area contributed by atoms with Gasteiger partial charge in [0.15, 0.2) is 5.76 Å². The topological polar surface area (TPSA) is 114 Å². The number of carbonyl (C=O) groups is 1. The third kappa shape index (κ3) is 7.24. The number of methoxy groups -OCH3 is 1. The van der Waals surface area contributed by atoms with E-state index in [1.807, 2.05) is 12.1 Å². The molecule has 200 valence electrons. The maximum atomic E-state index is 13.1. The summed E-state index contributed by atoms with van der Waals surface area (Å²) < 4.78 is 44.3. The van der Waals surface area contributed by atoms with Crippen LogP contribution >= 0.6 is 11.6 Å². The van der Waals surface area contributed by atoms with Gasteiger partial charge in [-0.25, -0.2) is 8.42 Å². The van der Waals surface area contributed by atoms with Crippen molar-refractivity contribution in [1.82, 2.24) is 9.62 Å². The number of ether oxygens (including phenoxy) is 3. The van der Waals surface area contributed by atoms with Crippen LogP contribution in [-0.2, 0) is 24.3 Å². The van der Waals surface area contributed by atoms with E-state index in [1.165, 1.54) is 19.2 Å². The van der Waals surface area contributed by atoms with Gasteiger partial charge in [0.25, 0.3) is 5.91 Å². The van der Waals surface area contributed by atoms with Crippen LogP contribution in [0.15, 0.2) is 65.3 Å². The van der Waals surface area contributed by atoms with Crippen LogP contribution in [0.1, 0.15) is 30.7 Å². The highest BCUT2D eigenvalue weighted by Crippen LogP contribution is 2.32. The Balaban J connectivity index is 1.43. The summed E-state index contributed by atoms with van der Waals surface area (Å²) in [6, 6.07) is 13.6. The molecular weight excluding hydrogens is 520 g/mol. The summed E-state index contributed by atoms with van der Waals surface area (Å²) in [6.45, 7) is -0.438. The monoisotopic (exact) mass is 550 g/mol. The predicted molar refractivity (Wildman–Crippen MR) is 138 cm³/mol. The Labute approximate surface area is 222 Å². The molecule has 4 rings (SSSR count). The van der Waals surface area contributed by atoms with E-state index in [1.54, 1.807) is 30.3 Å². The number of amides is 1. The van der Waals surface area contributed by atoms with E-state index in [0.717, 1.165) is 22.7 Å². The molecule has 0 radical (unpaired) electrons. The maximum absolute atomic E-state index is 13.1. The smallest absolute Gasteiger partial charge is 0.286 e. The molecule has 1 heterocycles. The first-order chi connectivity index (χ1) is 17.8. The van der Waals surface area contributed by atoms with Crippen molar-refractivity contribution in [2.45, 2.75) is 42.4 Å². The molecule has 1 aliphatic carbocycles. The van der Waals surface area contributed by atoms with Crippen LogP contribution in [0.3, 0.4) is 0 Å². The molecule has 37 heavy (non-hydrogen) atoms. The summed E-state index contributed by atoms with van der Waals surface area (Å²) in [5.74, 6) is 0.280. The van der Waals surface area contributed by atoms with Crippen LogP contribution in [0.5, 0.6) is 5.75 Å².